The van der Waals surface area contributed by atoms with E-state index in [-0.39, 0.29) is 10.6 Å². The normalized spacial score (nSPS) is 11.5. The monoisotopic (exact) mass is 574 g/mol. The molecule has 1 amide bonds. The second-order valence-corrected chi connectivity index (χ2v) is 11.5. The lowest BCUT2D eigenvalue weighted by Gasteiger charge is -2.24. The van der Waals surface area contributed by atoms with Gasteiger partial charge in [0.2, 0.25) is 0 Å². The highest BCUT2D eigenvalue weighted by molar-refractivity contribution is 7.92. The fourth-order valence-electron chi connectivity index (χ4n) is 4.58. The number of hydrogen-bond donors (Lipinski definition) is 1. The molecule has 0 aliphatic heterocycles. The zero-order valence-corrected chi connectivity index (χ0v) is 24.8. The molecule has 4 aromatic rings. The van der Waals surface area contributed by atoms with Crippen LogP contribution in [0.4, 0.5) is 5.69 Å². The van der Waals surface area contributed by atoms with Crippen LogP contribution < -0.4 is 19.2 Å². The van der Waals surface area contributed by atoms with Crippen LogP contribution in [0.5, 0.6) is 11.5 Å². The number of para-hydroxylation sites is 1. The van der Waals surface area contributed by atoms with Crippen LogP contribution in [0.15, 0.2) is 82.8 Å². The van der Waals surface area contributed by atoms with Crippen molar-refractivity contribution >= 4 is 27.8 Å². The number of amides is 1. The molecule has 1 aromatic heterocycles. The number of hydrogen-bond acceptors (Lipinski definition) is 6. The Balaban J connectivity index is 1.60. The van der Waals surface area contributed by atoms with Gasteiger partial charge in [-0.2, -0.15) is 5.10 Å². The van der Waals surface area contributed by atoms with Crippen molar-refractivity contribution in [3.8, 4) is 17.2 Å². The molecular weight excluding hydrogens is 540 g/mol. The van der Waals surface area contributed by atoms with Crippen LogP contribution in [0.2, 0.25) is 0 Å². The Labute approximate surface area is 241 Å². The van der Waals surface area contributed by atoms with Crippen LogP contribution in [-0.4, -0.2) is 45.9 Å². The largest absolute Gasteiger partial charge is 0.493 e. The van der Waals surface area contributed by atoms with Crippen molar-refractivity contribution in [2.45, 2.75) is 32.6 Å². The smallest absolute Gasteiger partial charge is 0.264 e. The molecule has 10 heteroatoms. The summed E-state index contributed by atoms with van der Waals surface area (Å²) in [7, 11) is -1.17. The maximum absolute atomic E-state index is 13.7. The first kappa shape index (κ1) is 29.4. The minimum Gasteiger partial charge on any atom is -0.493 e. The predicted octanol–water partition coefficient (Wildman–Crippen LogP) is 5.07. The third kappa shape index (κ3) is 6.28. The number of methoxy groups -OCH3 is 2. The number of rotatable bonds is 10. The van der Waals surface area contributed by atoms with E-state index in [4.69, 9.17) is 9.47 Å². The first-order valence-electron chi connectivity index (χ1n) is 12.9. The van der Waals surface area contributed by atoms with Gasteiger partial charge in [0.05, 0.1) is 31.0 Å². The van der Waals surface area contributed by atoms with E-state index in [0.29, 0.717) is 11.5 Å². The van der Waals surface area contributed by atoms with Crippen LogP contribution in [0.25, 0.3) is 5.69 Å². The molecule has 0 spiro atoms. The highest BCUT2D eigenvalue weighted by Gasteiger charge is 2.28. The lowest BCUT2D eigenvalue weighted by atomic mass is 10.2. The summed E-state index contributed by atoms with van der Waals surface area (Å²) in [5.41, 5.74) is 8.65. The highest BCUT2D eigenvalue weighted by Crippen LogP contribution is 2.33. The first-order valence-corrected chi connectivity index (χ1v) is 14.4. The Morgan fingerprint density at radius 1 is 0.927 bits per heavy atom. The Morgan fingerprint density at radius 3 is 2.27 bits per heavy atom. The Bertz CT molecular complexity index is 1690. The number of sulfonamides is 1. The second kappa shape index (κ2) is 12.3. The molecule has 0 saturated heterocycles. The summed E-state index contributed by atoms with van der Waals surface area (Å²) in [6.07, 6.45) is 1.56. The van der Waals surface area contributed by atoms with Crippen molar-refractivity contribution in [3.63, 3.8) is 0 Å². The number of nitrogens with zero attached hydrogens (tertiary/aromatic N) is 3. The van der Waals surface area contributed by atoms with Crippen molar-refractivity contribution in [2.24, 2.45) is 5.10 Å². The first-order chi connectivity index (χ1) is 19.6. The molecule has 0 aliphatic carbocycles. The molecule has 1 heterocycles. The fraction of sp³-hybridized carbons (Fsp3) is 0.226. The average Bonchev–Trinajstić information content (AvgIpc) is 3.24. The molecule has 3 aromatic carbocycles. The SMILES string of the molecule is COc1ccc(N(CC(=O)N/N=C\c2cc(C)n(-c3ccccc3C)c2C)S(=O)(=O)c2ccc(C)cc2)cc1OC. The van der Waals surface area contributed by atoms with Gasteiger partial charge in [0.15, 0.2) is 11.5 Å². The highest BCUT2D eigenvalue weighted by atomic mass is 32.2. The molecule has 41 heavy (non-hydrogen) atoms. The van der Waals surface area contributed by atoms with Gasteiger partial charge in [-0.15, -0.1) is 0 Å². The summed E-state index contributed by atoms with van der Waals surface area (Å²) in [5, 5.41) is 4.14. The van der Waals surface area contributed by atoms with Gasteiger partial charge < -0.3 is 14.0 Å². The summed E-state index contributed by atoms with van der Waals surface area (Å²) in [5.74, 6) is 0.150. The van der Waals surface area contributed by atoms with Gasteiger partial charge in [0, 0.05) is 28.7 Å². The van der Waals surface area contributed by atoms with Crippen LogP contribution in [-0.2, 0) is 14.8 Å². The molecule has 214 valence electrons. The second-order valence-electron chi connectivity index (χ2n) is 9.61. The number of hydrazone groups is 1. The van der Waals surface area contributed by atoms with Crippen molar-refractivity contribution in [2.75, 3.05) is 25.1 Å². The minimum absolute atomic E-state index is 0.0535. The standard InChI is InChI=1S/C31H34N4O5S/c1-21-11-14-27(15-12-21)41(37,38)34(26-13-16-29(39-5)30(18-26)40-6)20-31(36)33-32-19-25-17-23(3)35(24(25)4)28-10-8-7-9-22(28)2/h7-19H,20H2,1-6H3,(H,33,36)/b32-19-. The summed E-state index contributed by atoms with van der Waals surface area (Å²) >= 11 is 0. The molecule has 1 N–H and O–H groups in total. The molecule has 0 aliphatic rings. The molecule has 0 bridgehead atoms. The van der Waals surface area contributed by atoms with E-state index in [0.717, 1.165) is 38.1 Å². The molecule has 4 rings (SSSR count). The van der Waals surface area contributed by atoms with Crippen LogP contribution >= 0.6 is 0 Å². The van der Waals surface area contributed by atoms with Crippen molar-refractivity contribution in [1.82, 2.24) is 9.99 Å². The number of carbonyl (C=O) groups is 1. The van der Waals surface area contributed by atoms with Crippen LogP contribution in [0, 0.1) is 27.7 Å². The number of anilines is 1. The van der Waals surface area contributed by atoms with E-state index >= 15 is 0 Å². The minimum atomic E-state index is -4.11. The number of aryl methyl sites for hydroxylation is 3. The van der Waals surface area contributed by atoms with Crippen molar-refractivity contribution < 1.29 is 22.7 Å². The van der Waals surface area contributed by atoms with Gasteiger partial charge in [0.1, 0.15) is 6.54 Å². The maximum Gasteiger partial charge on any atom is 0.264 e. The van der Waals surface area contributed by atoms with Gasteiger partial charge >= 0.3 is 0 Å². The summed E-state index contributed by atoms with van der Waals surface area (Å²) in [6, 6.07) is 21.2. The molecular formula is C31H34N4O5S. The topological polar surface area (TPSA) is 102 Å². The van der Waals surface area contributed by atoms with E-state index < -0.39 is 22.5 Å². The zero-order valence-electron chi connectivity index (χ0n) is 24.0. The van der Waals surface area contributed by atoms with Gasteiger partial charge in [-0.25, -0.2) is 13.8 Å². The van der Waals surface area contributed by atoms with E-state index in [1.54, 1.807) is 30.5 Å². The van der Waals surface area contributed by atoms with Crippen molar-refractivity contribution in [3.05, 3.63) is 101 Å². The lowest BCUT2D eigenvalue weighted by molar-refractivity contribution is -0.119. The van der Waals surface area contributed by atoms with E-state index in [1.165, 1.54) is 32.4 Å². The lowest BCUT2D eigenvalue weighted by Crippen LogP contribution is -2.39. The van der Waals surface area contributed by atoms with Gasteiger partial charge in [-0.3, -0.25) is 9.10 Å². The van der Waals surface area contributed by atoms with Gasteiger partial charge in [0.25, 0.3) is 15.9 Å². The zero-order chi connectivity index (χ0) is 29.7. The number of aromatic nitrogens is 1. The van der Waals surface area contributed by atoms with E-state index in [9.17, 15) is 13.2 Å². The van der Waals surface area contributed by atoms with Crippen molar-refractivity contribution in [1.29, 1.82) is 0 Å². The number of nitrogens with one attached hydrogen (secondary N) is 1. The maximum atomic E-state index is 13.7. The van der Waals surface area contributed by atoms with Gasteiger partial charge in [-0.1, -0.05) is 35.9 Å². The third-order valence-electron chi connectivity index (χ3n) is 6.77. The fourth-order valence-corrected chi connectivity index (χ4v) is 5.99. The van der Waals surface area contributed by atoms with E-state index in [1.807, 2.05) is 39.0 Å². The molecule has 0 atom stereocenters. The Morgan fingerprint density at radius 2 is 1.61 bits per heavy atom. The Kier molecular flexibility index (Phi) is 8.83. The molecule has 0 fully saturated rings. The summed E-state index contributed by atoms with van der Waals surface area (Å²) in [6.45, 7) is 7.40. The van der Waals surface area contributed by atoms with Gasteiger partial charge in [-0.05, 0) is 69.7 Å². The van der Waals surface area contributed by atoms with Crippen LogP contribution in [0.1, 0.15) is 28.1 Å². The van der Waals surface area contributed by atoms with E-state index in [2.05, 4.69) is 34.2 Å². The number of benzene rings is 3. The quantitative estimate of drug-likeness (QED) is 0.210. The number of carbonyl (C=O) groups excluding carboxylic acids is 1. The molecule has 0 unspecified atom stereocenters. The Hall–Kier alpha value is -4.57. The number of ether oxygens (including phenoxy) is 2. The molecule has 9 nitrogen and oxygen atoms in total. The molecule has 0 saturated carbocycles. The molecule has 0 radical (unpaired) electrons. The third-order valence-corrected chi connectivity index (χ3v) is 8.56. The van der Waals surface area contributed by atoms with Crippen LogP contribution in [0.3, 0.4) is 0 Å². The predicted molar refractivity (Wildman–Crippen MR) is 161 cm³/mol. The summed E-state index contributed by atoms with van der Waals surface area (Å²) in [4.78, 5) is 13.1. The average molecular weight is 575 g/mol. The summed E-state index contributed by atoms with van der Waals surface area (Å²) < 4.78 is 41.2.